The number of fused-ring (bicyclic) bond motifs is 1. The molecular weight excluding hydrogens is 714 g/mol. The Bertz CT molecular complexity index is 1810. The van der Waals surface area contributed by atoms with Gasteiger partial charge in [0.05, 0.1) is 48.2 Å². The van der Waals surface area contributed by atoms with Gasteiger partial charge in [0.15, 0.2) is 10.8 Å². The number of rotatable bonds is 12. The van der Waals surface area contributed by atoms with Crippen LogP contribution in [0.5, 0.6) is 0 Å². The monoisotopic (exact) mass is 761 g/mol. The first-order valence-electron chi connectivity index (χ1n) is 17.5. The molecule has 2 saturated heterocycles. The molecule has 0 radical (unpaired) electrons. The lowest BCUT2D eigenvalue weighted by molar-refractivity contribution is -0.159. The fraction of sp³-hybridized carbons (Fsp3) is 0.600. The van der Waals surface area contributed by atoms with Crippen LogP contribution >= 0.6 is 11.3 Å². The molecule has 6 rings (SSSR count). The summed E-state index contributed by atoms with van der Waals surface area (Å²) in [6, 6.07) is 4.45. The van der Waals surface area contributed by atoms with Crippen LogP contribution in [-0.4, -0.2) is 112 Å². The molecule has 0 bridgehead atoms. The standard InChI is InChI=1S/C35H48FN5O7S2Si/c1-7-46-33(42)29-26(38-31(32-37-11-15-49-32)39-30(29)24-9-8-10-25(36)22(24)2)19-40-12-13-47-28-21-41(20-27(28)40)50(44,45)23-17-35(3,18-23)34(43)48-14-16-51(4,5)6/h8-11,15,23,27-28,30H,7,12-14,16-21H2,1-6H3,(H,38,39)/t23?,27-,28+,30-,35?/m0/s1. The molecule has 3 atom stereocenters. The second-order valence-electron chi connectivity index (χ2n) is 15.3. The molecule has 278 valence electrons. The van der Waals surface area contributed by atoms with Crippen molar-refractivity contribution in [2.45, 2.75) is 82.7 Å². The van der Waals surface area contributed by atoms with E-state index in [1.54, 1.807) is 39.1 Å². The number of esters is 2. The van der Waals surface area contributed by atoms with E-state index in [-0.39, 0.29) is 62.8 Å². The van der Waals surface area contributed by atoms with E-state index in [0.717, 1.165) is 6.04 Å². The molecule has 1 saturated carbocycles. The number of nitrogens with one attached hydrogen (secondary N) is 1. The minimum absolute atomic E-state index is 0.138. The number of carbonyl (C=O) groups excluding carboxylic acids is 2. The number of nitrogens with zero attached hydrogens (tertiary/aromatic N) is 4. The summed E-state index contributed by atoms with van der Waals surface area (Å²) in [6.45, 7) is 13.9. The van der Waals surface area contributed by atoms with Gasteiger partial charge in [0.25, 0.3) is 0 Å². The zero-order valence-electron chi connectivity index (χ0n) is 30.1. The molecule has 3 aliphatic heterocycles. The highest BCUT2D eigenvalue weighted by molar-refractivity contribution is 7.89. The van der Waals surface area contributed by atoms with E-state index in [1.165, 1.54) is 21.7 Å². The molecule has 3 fully saturated rings. The summed E-state index contributed by atoms with van der Waals surface area (Å²) in [5.41, 5.74) is 0.898. The number of thiazole rings is 1. The predicted octanol–water partition coefficient (Wildman–Crippen LogP) is 4.26. The Morgan fingerprint density at radius 2 is 1.96 bits per heavy atom. The largest absolute Gasteiger partial charge is 0.466 e. The summed E-state index contributed by atoms with van der Waals surface area (Å²) in [4.78, 5) is 38.1. The van der Waals surface area contributed by atoms with Crippen LogP contribution in [0.25, 0.3) is 0 Å². The summed E-state index contributed by atoms with van der Waals surface area (Å²) >= 11 is 1.39. The van der Waals surface area contributed by atoms with E-state index < -0.39 is 46.6 Å². The highest BCUT2D eigenvalue weighted by Crippen LogP contribution is 2.47. The maximum atomic E-state index is 14.9. The van der Waals surface area contributed by atoms with Gasteiger partial charge in [-0.2, -0.15) is 4.31 Å². The Morgan fingerprint density at radius 1 is 1.20 bits per heavy atom. The third-order valence-corrected chi connectivity index (χ3v) is 15.0. The number of aromatic nitrogens is 1. The average Bonchev–Trinajstić information content (AvgIpc) is 3.76. The van der Waals surface area contributed by atoms with Gasteiger partial charge in [-0.1, -0.05) is 31.8 Å². The van der Waals surface area contributed by atoms with E-state index in [0.29, 0.717) is 47.4 Å². The van der Waals surface area contributed by atoms with Crippen molar-refractivity contribution >= 4 is 47.2 Å². The van der Waals surface area contributed by atoms with Gasteiger partial charge in [0.2, 0.25) is 10.0 Å². The first-order chi connectivity index (χ1) is 24.1. The molecular formula is C35H48FN5O7S2Si. The number of morpholine rings is 1. The number of hydrogen-bond donors (Lipinski definition) is 1. The molecule has 4 aliphatic rings. The third kappa shape index (κ3) is 7.86. The first kappa shape index (κ1) is 37.7. The van der Waals surface area contributed by atoms with Crippen LogP contribution in [0.2, 0.25) is 25.7 Å². The van der Waals surface area contributed by atoms with Gasteiger partial charge < -0.3 is 19.5 Å². The van der Waals surface area contributed by atoms with Crippen molar-refractivity contribution < 1.29 is 36.6 Å². The number of hydrogen-bond acceptors (Lipinski definition) is 12. The van der Waals surface area contributed by atoms with Crippen molar-refractivity contribution in [3.05, 3.63) is 63.0 Å². The zero-order valence-corrected chi connectivity index (χ0v) is 32.7. The van der Waals surface area contributed by atoms with E-state index in [2.05, 4.69) is 34.8 Å². The van der Waals surface area contributed by atoms with Crippen molar-refractivity contribution in [3.8, 4) is 0 Å². The molecule has 0 unspecified atom stereocenters. The quantitative estimate of drug-likeness (QED) is 0.247. The van der Waals surface area contributed by atoms with E-state index in [1.807, 2.05) is 5.38 Å². The number of benzene rings is 1. The van der Waals surface area contributed by atoms with Gasteiger partial charge in [0.1, 0.15) is 11.9 Å². The summed E-state index contributed by atoms with van der Waals surface area (Å²) in [6.07, 6.45) is 1.72. The van der Waals surface area contributed by atoms with Gasteiger partial charge in [-0.3, -0.25) is 14.7 Å². The van der Waals surface area contributed by atoms with Crippen LogP contribution in [0.15, 0.2) is 46.0 Å². The summed E-state index contributed by atoms with van der Waals surface area (Å²) in [5, 5.41) is 5.12. The number of carbonyl (C=O) groups is 2. The second-order valence-corrected chi connectivity index (χ2v) is 24.0. The van der Waals surface area contributed by atoms with Crippen LogP contribution in [0, 0.1) is 18.2 Å². The molecule has 12 nitrogen and oxygen atoms in total. The summed E-state index contributed by atoms with van der Waals surface area (Å²) in [7, 11) is -5.10. The second kappa shape index (κ2) is 14.8. The smallest absolute Gasteiger partial charge is 0.338 e. The number of aliphatic imine (C=N–C) groups is 1. The van der Waals surface area contributed by atoms with Crippen molar-refractivity contribution in [1.82, 2.24) is 19.5 Å². The predicted molar refractivity (Wildman–Crippen MR) is 195 cm³/mol. The van der Waals surface area contributed by atoms with E-state index in [9.17, 15) is 22.4 Å². The van der Waals surface area contributed by atoms with Crippen LogP contribution in [0.3, 0.4) is 0 Å². The molecule has 4 heterocycles. The minimum Gasteiger partial charge on any atom is -0.466 e. The van der Waals surface area contributed by atoms with Crippen LogP contribution < -0.4 is 5.32 Å². The first-order valence-corrected chi connectivity index (χ1v) is 23.6. The van der Waals surface area contributed by atoms with E-state index in [4.69, 9.17) is 19.2 Å². The third-order valence-electron chi connectivity index (χ3n) is 10.3. The molecule has 1 aromatic heterocycles. The molecule has 1 aromatic carbocycles. The Balaban J connectivity index is 1.22. The Morgan fingerprint density at radius 3 is 2.65 bits per heavy atom. The lowest BCUT2D eigenvalue weighted by atomic mass is 9.70. The minimum atomic E-state index is -3.73. The van der Waals surface area contributed by atoms with Crippen molar-refractivity contribution in [2.24, 2.45) is 10.4 Å². The van der Waals surface area contributed by atoms with Gasteiger partial charge in [-0.05, 0) is 56.9 Å². The lowest BCUT2D eigenvalue weighted by Gasteiger charge is -2.43. The normalized spacial score (nSPS) is 27.3. The maximum Gasteiger partial charge on any atom is 0.338 e. The van der Waals surface area contributed by atoms with Gasteiger partial charge >= 0.3 is 11.9 Å². The Kier molecular flexibility index (Phi) is 10.9. The Hall–Kier alpha value is -3.02. The van der Waals surface area contributed by atoms with Crippen molar-refractivity contribution in [1.29, 1.82) is 0 Å². The zero-order chi connectivity index (χ0) is 36.7. The van der Waals surface area contributed by atoms with Crippen LogP contribution in [0.1, 0.15) is 48.9 Å². The summed E-state index contributed by atoms with van der Waals surface area (Å²) in [5.74, 6) is -0.845. The molecule has 2 aromatic rings. The Labute approximate surface area is 304 Å². The molecule has 1 N–H and O–H groups in total. The number of amidine groups is 1. The molecule has 0 spiro atoms. The lowest BCUT2D eigenvalue weighted by Crippen LogP contribution is -2.53. The van der Waals surface area contributed by atoms with Gasteiger partial charge in [0, 0.05) is 51.5 Å². The number of sulfonamides is 1. The van der Waals surface area contributed by atoms with Crippen molar-refractivity contribution in [3.63, 3.8) is 0 Å². The van der Waals surface area contributed by atoms with Gasteiger partial charge in [-0.25, -0.2) is 22.6 Å². The highest BCUT2D eigenvalue weighted by Gasteiger charge is 2.56. The fourth-order valence-electron chi connectivity index (χ4n) is 7.25. The highest BCUT2D eigenvalue weighted by atomic mass is 32.2. The molecule has 51 heavy (non-hydrogen) atoms. The number of halogens is 1. The van der Waals surface area contributed by atoms with Gasteiger partial charge in [-0.15, -0.1) is 11.3 Å². The van der Waals surface area contributed by atoms with Crippen LogP contribution in [0.4, 0.5) is 4.39 Å². The summed E-state index contributed by atoms with van der Waals surface area (Å²) < 4.78 is 61.5. The molecule has 16 heteroatoms. The molecule has 1 aliphatic carbocycles. The van der Waals surface area contributed by atoms with Crippen molar-refractivity contribution in [2.75, 3.05) is 46.0 Å². The number of ether oxygens (including phenoxy) is 3. The fourth-order valence-corrected chi connectivity index (χ4v) is 10.8. The van der Waals surface area contributed by atoms with Crippen LogP contribution in [-0.2, 0) is 33.8 Å². The molecule has 0 amide bonds. The average molecular weight is 762 g/mol. The maximum absolute atomic E-state index is 14.9. The topological polar surface area (TPSA) is 140 Å². The SMILES string of the molecule is CCOC(=O)C1=C(CN2CCO[C@@H]3CN(S(=O)(=O)C4CC(C)(C(=O)OCC[Si](C)(C)C)C4)C[C@@H]32)NC(c2nccs2)=N[C@H]1c1cccc(F)c1C. The van der Waals surface area contributed by atoms with E-state index >= 15 is 0 Å².